The van der Waals surface area contributed by atoms with Crippen LogP contribution in [0.2, 0.25) is 0 Å². The van der Waals surface area contributed by atoms with Crippen molar-refractivity contribution in [3.8, 4) is 0 Å². The Morgan fingerprint density at radius 1 is 0.612 bits per heavy atom. The molecule has 290 valence electrons. The zero-order valence-corrected chi connectivity index (χ0v) is 33.1. The Balaban J connectivity index is 0.000000564. The van der Waals surface area contributed by atoms with Crippen molar-refractivity contribution in [2.45, 2.75) is 238 Å². The van der Waals surface area contributed by atoms with E-state index in [1.807, 2.05) is 13.8 Å². The number of cyclic esters (lactones) is 2. The summed E-state index contributed by atoms with van der Waals surface area (Å²) in [5, 5.41) is 13.7. The second kappa shape index (κ2) is 31.5. The first-order valence-electron chi connectivity index (χ1n) is 21.4. The molecule has 0 aromatic heterocycles. The molecule has 2 saturated heterocycles. The molecule has 0 spiro atoms. The maximum Gasteiger partial charge on any atom is 0.323 e. The standard InChI is InChI=1S/C27H53NO3.C15H29NO2/c1-4-6-8-10-12-14-16-18-20-25(29)22-28-23-26(31-27(30)24(28)3)21-19-17-15-13-11-9-7-5-2;1-3-4-5-6-7-8-9-10-11-14-12-16-13(2)15(17)18-14/h24-26,29H,4-23H2,1-3H3;13-14,16H,3-12H2,1-2H3. The number of carbonyl (C=O) groups is 2. The predicted molar refractivity (Wildman–Crippen MR) is 206 cm³/mol. The highest BCUT2D eigenvalue weighted by atomic mass is 16.6. The highest BCUT2D eigenvalue weighted by Gasteiger charge is 2.34. The molecule has 0 aliphatic carbocycles. The maximum atomic E-state index is 12.3. The first-order valence-corrected chi connectivity index (χ1v) is 21.4. The summed E-state index contributed by atoms with van der Waals surface area (Å²) in [5.74, 6) is -0.207. The molecular weight excluding hydrogens is 612 g/mol. The molecule has 7 heteroatoms. The van der Waals surface area contributed by atoms with Crippen molar-refractivity contribution in [2.75, 3.05) is 19.6 Å². The number of carbonyl (C=O) groups excluding carboxylic acids is 2. The summed E-state index contributed by atoms with van der Waals surface area (Å²) in [6, 6.07) is -0.358. The lowest BCUT2D eigenvalue weighted by atomic mass is 10.0. The van der Waals surface area contributed by atoms with Crippen molar-refractivity contribution in [1.29, 1.82) is 0 Å². The number of aliphatic hydroxyl groups is 1. The van der Waals surface area contributed by atoms with E-state index in [-0.39, 0.29) is 42.3 Å². The lowest BCUT2D eigenvalue weighted by Gasteiger charge is -2.37. The molecule has 0 aromatic carbocycles. The largest absolute Gasteiger partial charge is 0.460 e. The van der Waals surface area contributed by atoms with Gasteiger partial charge in [0.1, 0.15) is 24.3 Å². The highest BCUT2D eigenvalue weighted by molar-refractivity contribution is 5.76. The van der Waals surface area contributed by atoms with Crippen molar-refractivity contribution >= 4 is 11.9 Å². The lowest BCUT2D eigenvalue weighted by Crippen LogP contribution is -2.53. The molecule has 2 aliphatic rings. The van der Waals surface area contributed by atoms with E-state index in [9.17, 15) is 14.7 Å². The van der Waals surface area contributed by atoms with Gasteiger partial charge in [0.25, 0.3) is 0 Å². The molecule has 0 radical (unpaired) electrons. The van der Waals surface area contributed by atoms with E-state index in [4.69, 9.17) is 9.47 Å². The molecule has 0 aromatic rings. The number of nitrogens with zero attached hydrogens (tertiary/aromatic N) is 1. The Hall–Kier alpha value is -1.18. The van der Waals surface area contributed by atoms with Crippen LogP contribution < -0.4 is 5.32 Å². The number of morpholine rings is 2. The first-order chi connectivity index (χ1) is 23.8. The number of hydrogen-bond donors (Lipinski definition) is 2. The number of ether oxygens (including phenoxy) is 2. The van der Waals surface area contributed by atoms with Crippen molar-refractivity contribution in [1.82, 2.24) is 10.2 Å². The Bertz CT molecular complexity index is 778. The fourth-order valence-electron chi connectivity index (χ4n) is 7.00. The van der Waals surface area contributed by atoms with Gasteiger partial charge < -0.3 is 19.9 Å². The third kappa shape index (κ3) is 24.6. The van der Waals surface area contributed by atoms with Gasteiger partial charge in [0.15, 0.2) is 0 Å². The zero-order chi connectivity index (χ0) is 36.0. The summed E-state index contributed by atoms with van der Waals surface area (Å²) < 4.78 is 11.0. The van der Waals surface area contributed by atoms with Crippen LogP contribution in [0.3, 0.4) is 0 Å². The van der Waals surface area contributed by atoms with Crippen LogP contribution in [0.5, 0.6) is 0 Å². The average Bonchev–Trinajstić information content (AvgIpc) is 3.09. The third-order valence-electron chi connectivity index (χ3n) is 10.5. The first kappa shape index (κ1) is 45.8. The van der Waals surface area contributed by atoms with Crippen molar-refractivity contribution in [3.05, 3.63) is 0 Å². The number of β-amino-alcohol motifs (C(OH)–C–C–N with tert-alkyl or cyclic N) is 1. The summed E-state index contributed by atoms with van der Waals surface area (Å²) in [5.41, 5.74) is 0. The van der Waals surface area contributed by atoms with Gasteiger partial charge >= 0.3 is 11.9 Å². The molecule has 0 saturated carbocycles. The molecule has 2 heterocycles. The molecule has 49 heavy (non-hydrogen) atoms. The van der Waals surface area contributed by atoms with E-state index in [1.54, 1.807) is 0 Å². The SMILES string of the molecule is CCCCCCCCCCC(O)CN1CC(CCCCCCCCCC)OC(=O)C1C.CCCCCCCCCCC1CNC(C)C(=O)O1. The summed E-state index contributed by atoms with van der Waals surface area (Å²) >= 11 is 0. The second-order valence-corrected chi connectivity index (χ2v) is 15.3. The number of esters is 2. The van der Waals surface area contributed by atoms with E-state index in [0.717, 1.165) is 45.2 Å². The number of nitrogens with one attached hydrogen (secondary N) is 1. The summed E-state index contributed by atoms with van der Waals surface area (Å²) in [7, 11) is 0. The summed E-state index contributed by atoms with van der Waals surface area (Å²) in [4.78, 5) is 25.8. The molecular formula is C42H82N2O5. The van der Waals surface area contributed by atoms with Gasteiger partial charge in [-0.15, -0.1) is 0 Å². The predicted octanol–water partition coefficient (Wildman–Crippen LogP) is 10.4. The molecule has 7 nitrogen and oxygen atoms in total. The van der Waals surface area contributed by atoms with Gasteiger partial charge in [0, 0.05) is 19.6 Å². The van der Waals surface area contributed by atoms with Gasteiger partial charge in [-0.1, -0.05) is 162 Å². The van der Waals surface area contributed by atoms with Crippen molar-refractivity contribution < 1.29 is 24.2 Å². The van der Waals surface area contributed by atoms with Crippen LogP contribution in [0.15, 0.2) is 0 Å². The topological polar surface area (TPSA) is 88.1 Å². The fourth-order valence-corrected chi connectivity index (χ4v) is 7.00. The molecule has 0 bridgehead atoms. The quantitative estimate of drug-likeness (QED) is 0.0595. The minimum absolute atomic E-state index is 0.000822. The molecule has 2 fully saturated rings. The zero-order valence-electron chi connectivity index (χ0n) is 33.1. The minimum atomic E-state index is -0.336. The van der Waals surface area contributed by atoms with Crippen molar-refractivity contribution in [3.63, 3.8) is 0 Å². The van der Waals surface area contributed by atoms with Crippen LogP contribution in [0.25, 0.3) is 0 Å². The Kier molecular flexibility index (Phi) is 29.5. The average molecular weight is 695 g/mol. The number of rotatable bonds is 29. The van der Waals surface area contributed by atoms with Crippen LogP contribution in [-0.2, 0) is 19.1 Å². The fraction of sp³-hybridized carbons (Fsp3) is 0.952. The van der Waals surface area contributed by atoms with Gasteiger partial charge in [0.05, 0.1) is 6.10 Å². The molecule has 2 N–H and O–H groups in total. The van der Waals surface area contributed by atoms with Gasteiger partial charge in [-0.05, 0) is 46.0 Å². The molecule has 0 amide bonds. The van der Waals surface area contributed by atoms with E-state index < -0.39 is 0 Å². The monoisotopic (exact) mass is 695 g/mol. The van der Waals surface area contributed by atoms with Crippen LogP contribution in [0.4, 0.5) is 0 Å². The van der Waals surface area contributed by atoms with Crippen LogP contribution in [0.1, 0.15) is 208 Å². The van der Waals surface area contributed by atoms with Gasteiger partial charge in [-0.25, -0.2) is 0 Å². The van der Waals surface area contributed by atoms with Crippen LogP contribution in [0, 0.1) is 0 Å². The Labute approximate surface area is 303 Å². The molecule has 5 atom stereocenters. The van der Waals surface area contributed by atoms with Gasteiger partial charge in [0.2, 0.25) is 0 Å². The Morgan fingerprint density at radius 3 is 1.49 bits per heavy atom. The Morgan fingerprint density at radius 2 is 1.02 bits per heavy atom. The van der Waals surface area contributed by atoms with Gasteiger partial charge in [-0.3, -0.25) is 14.5 Å². The number of unbranched alkanes of at least 4 members (excludes halogenated alkanes) is 21. The van der Waals surface area contributed by atoms with Crippen LogP contribution >= 0.6 is 0 Å². The molecule has 5 unspecified atom stereocenters. The highest BCUT2D eigenvalue weighted by Crippen LogP contribution is 2.20. The lowest BCUT2D eigenvalue weighted by molar-refractivity contribution is -0.167. The molecule has 2 rings (SSSR count). The normalized spacial score (nSPS) is 21.9. The maximum absolute atomic E-state index is 12.3. The van der Waals surface area contributed by atoms with E-state index in [2.05, 4.69) is 31.0 Å². The number of aliphatic hydroxyl groups excluding tert-OH is 1. The summed E-state index contributed by atoms with van der Waals surface area (Å²) in [6.07, 6.45) is 33.8. The van der Waals surface area contributed by atoms with E-state index in [0.29, 0.717) is 6.54 Å². The van der Waals surface area contributed by atoms with E-state index >= 15 is 0 Å². The number of hydrogen-bond acceptors (Lipinski definition) is 7. The second-order valence-electron chi connectivity index (χ2n) is 15.3. The van der Waals surface area contributed by atoms with E-state index in [1.165, 1.54) is 141 Å². The third-order valence-corrected chi connectivity index (χ3v) is 10.5. The van der Waals surface area contributed by atoms with Crippen LogP contribution in [-0.4, -0.2) is 72.0 Å². The summed E-state index contributed by atoms with van der Waals surface area (Å²) in [6.45, 7) is 12.7. The minimum Gasteiger partial charge on any atom is -0.460 e. The van der Waals surface area contributed by atoms with Crippen molar-refractivity contribution in [2.24, 2.45) is 0 Å². The molecule has 2 aliphatic heterocycles. The van der Waals surface area contributed by atoms with Gasteiger partial charge in [-0.2, -0.15) is 0 Å². The smallest absolute Gasteiger partial charge is 0.323 e.